The van der Waals surface area contributed by atoms with Crippen molar-refractivity contribution in [3.63, 3.8) is 0 Å². The van der Waals surface area contributed by atoms with Crippen LogP contribution in [0.4, 0.5) is 13.2 Å². The molecule has 9 heteroatoms. The summed E-state index contributed by atoms with van der Waals surface area (Å²) in [4.78, 5) is 24.3. The van der Waals surface area contributed by atoms with E-state index in [0.29, 0.717) is 11.0 Å². The van der Waals surface area contributed by atoms with Crippen molar-refractivity contribution >= 4 is 16.9 Å². The fourth-order valence-corrected chi connectivity index (χ4v) is 2.44. The van der Waals surface area contributed by atoms with Crippen LogP contribution in [0.15, 0.2) is 39.5 Å². The number of halogens is 3. The van der Waals surface area contributed by atoms with Gasteiger partial charge in [0.2, 0.25) is 0 Å². The molecule has 1 aromatic heterocycles. The summed E-state index contributed by atoms with van der Waals surface area (Å²) >= 11 is 0. The Morgan fingerprint density at radius 3 is 2.80 bits per heavy atom. The number of nitrogens with zero attached hydrogens (tertiary/aromatic N) is 1. The molecule has 1 fully saturated rings. The van der Waals surface area contributed by atoms with Gasteiger partial charge < -0.3 is 18.8 Å². The molecule has 1 unspecified atom stereocenters. The van der Waals surface area contributed by atoms with Gasteiger partial charge in [0.1, 0.15) is 11.3 Å². The van der Waals surface area contributed by atoms with E-state index in [2.05, 4.69) is 4.74 Å². The number of fused-ring (bicyclic) bond motifs is 1. The summed E-state index contributed by atoms with van der Waals surface area (Å²) in [6.45, 7) is -1.09. The number of benzene rings is 1. The molecule has 1 aliphatic heterocycles. The normalized spacial score (nSPS) is 18.4. The third-order valence-electron chi connectivity index (χ3n) is 3.74. The zero-order valence-electron chi connectivity index (χ0n) is 12.9. The van der Waals surface area contributed by atoms with Gasteiger partial charge in [0.25, 0.3) is 5.91 Å². The topological polar surface area (TPSA) is 69.0 Å². The first-order valence-electron chi connectivity index (χ1n) is 7.46. The average molecular weight is 357 g/mol. The van der Waals surface area contributed by atoms with Crippen LogP contribution in [0.1, 0.15) is 0 Å². The van der Waals surface area contributed by atoms with E-state index in [1.807, 2.05) is 0 Å². The van der Waals surface area contributed by atoms with Crippen LogP contribution < -0.4 is 10.4 Å². The van der Waals surface area contributed by atoms with Crippen molar-refractivity contribution in [2.45, 2.75) is 12.3 Å². The van der Waals surface area contributed by atoms with E-state index < -0.39 is 37.0 Å². The van der Waals surface area contributed by atoms with Gasteiger partial charge in [0, 0.05) is 24.1 Å². The van der Waals surface area contributed by atoms with Crippen LogP contribution in [-0.2, 0) is 9.53 Å². The molecule has 0 saturated carbocycles. The number of carbonyl (C=O) groups is 1. The van der Waals surface area contributed by atoms with Crippen molar-refractivity contribution in [1.29, 1.82) is 0 Å². The highest BCUT2D eigenvalue weighted by atomic mass is 19.4. The number of rotatable bonds is 3. The molecule has 1 saturated heterocycles. The van der Waals surface area contributed by atoms with Gasteiger partial charge in [-0.05, 0) is 18.2 Å². The molecule has 6 nitrogen and oxygen atoms in total. The first-order valence-corrected chi connectivity index (χ1v) is 7.46. The molecule has 0 radical (unpaired) electrons. The van der Waals surface area contributed by atoms with Gasteiger partial charge in [0.05, 0.1) is 13.2 Å². The van der Waals surface area contributed by atoms with Crippen LogP contribution in [0, 0.1) is 0 Å². The highest BCUT2D eigenvalue weighted by Crippen LogP contribution is 2.26. The zero-order chi connectivity index (χ0) is 18.0. The number of hydrogen-bond acceptors (Lipinski definition) is 5. The Morgan fingerprint density at radius 1 is 1.28 bits per heavy atom. The highest BCUT2D eigenvalue weighted by Gasteiger charge is 2.44. The number of hydrogen-bond donors (Lipinski definition) is 0. The average Bonchev–Trinajstić information content (AvgIpc) is 2.58. The van der Waals surface area contributed by atoms with Crippen molar-refractivity contribution in [2.75, 3.05) is 26.3 Å². The molecule has 134 valence electrons. The second kappa shape index (κ2) is 6.75. The standard InChI is InChI=1S/C16H14F3NO5/c17-16(18,19)13-8-20(5-6-23-13)14(21)9-24-11-3-1-10-2-4-15(22)25-12(10)7-11/h1-4,7,13H,5-6,8-9H2. The minimum Gasteiger partial charge on any atom is -0.484 e. The lowest BCUT2D eigenvalue weighted by atomic mass is 10.2. The summed E-state index contributed by atoms with van der Waals surface area (Å²) in [6, 6.07) is 7.53. The molecule has 1 aromatic carbocycles. The Morgan fingerprint density at radius 2 is 2.04 bits per heavy atom. The van der Waals surface area contributed by atoms with E-state index in [1.54, 1.807) is 18.2 Å². The number of amides is 1. The predicted octanol–water partition coefficient (Wildman–Crippen LogP) is 1.96. The lowest BCUT2D eigenvalue weighted by molar-refractivity contribution is -0.236. The largest absolute Gasteiger partial charge is 0.484 e. The maximum absolute atomic E-state index is 12.7. The van der Waals surface area contributed by atoms with Crippen LogP contribution in [0.25, 0.3) is 11.0 Å². The molecule has 1 amide bonds. The zero-order valence-corrected chi connectivity index (χ0v) is 12.9. The molecule has 0 bridgehead atoms. The second-order valence-corrected chi connectivity index (χ2v) is 5.48. The van der Waals surface area contributed by atoms with E-state index in [0.717, 1.165) is 4.90 Å². The summed E-state index contributed by atoms with van der Waals surface area (Å²) in [5.74, 6) is -0.303. The molecule has 0 aliphatic carbocycles. The van der Waals surface area contributed by atoms with E-state index in [1.165, 1.54) is 12.1 Å². The number of carbonyl (C=O) groups excluding carboxylic acids is 1. The first-order chi connectivity index (χ1) is 11.8. The van der Waals surface area contributed by atoms with Gasteiger partial charge in [-0.15, -0.1) is 0 Å². The third-order valence-corrected chi connectivity index (χ3v) is 3.74. The second-order valence-electron chi connectivity index (χ2n) is 5.48. The predicted molar refractivity (Wildman–Crippen MR) is 80.4 cm³/mol. The molecule has 3 rings (SSSR count). The third kappa shape index (κ3) is 4.11. The summed E-state index contributed by atoms with van der Waals surface area (Å²) in [6.07, 6.45) is -6.50. The van der Waals surface area contributed by atoms with Crippen LogP contribution in [0.2, 0.25) is 0 Å². The quantitative estimate of drug-likeness (QED) is 0.786. The van der Waals surface area contributed by atoms with E-state index in [9.17, 15) is 22.8 Å². The minimum absolute atomic E-state index is 0.0708. The molecule has 25 heavy (non-hydrogen) atoms. The van der Waals surface area contributed by atoms with Gasteiger partial charge in [-0.1, -0.05) is 0 Å². The Hall–Kier alpha value is -2.55. The highest BCUT2D eigenvalue weighted by molar-refractivity contribution is 5.79. The molecule has 0 spiro atoms. The lowest BCUT2D eigenvalue weighted by Gasteiger charge is -2.33. The SMILES string of the molecule is O=C(COc1ccc2ccc(=O)oc2c1)N1CCOC(C(F)(F)F)C1. The Balaban J connectivity index is 1.63. The molecule has 1 atom stereocenters. The Kier molecular flexibility index (Phi) is 4.67. The lowest BCUT2D eigenvalue weighted by Crippen LogP contribution is -2.52. The van der Waals surface area contributed by atoms with E-state index in [-0.39, 0.29) is 18.9 Å². The monoisotopic (exact) mass is 357 g/mol. The van der Waals surface area contributed by atoms with Gasteiger partial charge in [-0.3, -0.25) is 4.79 Å². The summed E-state index contributed by atoms with van der Waals surface area (Å²) in [5.41, 5.74) is -0.229. The number of ether oxygens (including phenoxy) is 2. The molecular formula is C16H14F3NO5. The summed E-state index contributed by atoms with van der Waals surface area (Å²) in [7, 11) is 0. The minimum atomic E-state index is -4.52. The van der Waals surface area contributed by atoms with E-state index in [4.69, 9.17) is 9.15 Å². The maximum Gasteiger partial charge on any atom is 0.416 e. The Labute approximate surface area is 139 Å². The summed E-state index contributed by atoms with van der Waals surface area (Å²) < 4.78 is 53.0. The van der Waals surface area contributed by atoms with Crippen molar-refractivity contribution in [3.05, 3.63) is 40.8 Å². The fourth-order valence-electron chi connectivity index (χ4n) is 2.44. The Bertz CT molecular complexity index is 832. The van der Waals surface area contributed by atoms with Crippen LogP contribution in [0.5, 0.6) is 5.75 Å². The molecule has 1 aliphatic rings. The van der Waals surface area contributed by atoms with Gasteiger partial charge >= 0.3 is 11.8 Å². The fraction of sp³-hybridized carbons (Fsp3) is 0.375. The van der Waals surface area contributed by atoms with Crippen molar-refractivity contribution in [2.24, 2.45) is 0 Å². The van der Waals surface area contributed by atoms with Crippen molar-refractivity contribution < 1.29 is 31.9 Å². The van der Waals surface area contributed by atoms with Crippen LogP contribution in [-0.4, -0.2) is 49.4 Å². The molecule has 2 aromatic rings. The van der Waals surface area contributed by atoms with Crippen LogP contribution >= 0.6 is 0 Å². The first kappa shape index (κ1) is 17.3. The number of morpholine rings is 1. The van der Waals surface area contributed by atoms with Crippen molar-refractivity contribution in [1.82, 2.24) is 4.90 Å². The van der Waals surface area contributed by atoms with Gasteiger partial charge in [-0.2, -0.15) is 13.2 Å². The van der Waals surface area contributed by atoms with E-state index >= 15 is 0 Å². The van der Waals surface area contributed by atoms with Gasteiger partial charge in [-0.25, -0.2) is 4.79 Å². The number of alkyl halides is 3. The summed E-state index contributed by atoms with van der Waals surface area (Å²) in [5, 5.41) is 0.680. The van der Waals surface area contributed by atoms with Crippen LogP contribution in [0.3, 0.4) is 0 Å². The molecule has 2 heterocycles. The smallest absolute Gasteiger partial charge is 0.416 e. The molecule has 0 N–H and O–H groups in total. The van der Waals surface area contributed by atoms with Gasteiger partial charge in [0.15, 0.2) is 12.7 Å². The molecular weight excluding hydrogens is 343 g/mol. The van der Waals surface area contributed by atoms with Crippen molar-refractivity contribution in [3.8, 4) is 5.75 Å². The maximum atomic E-state index is 12.7.